The first-order valence-corrected chi connectivity index (χ1v) is 8.78. The molecule has 4 rings (SSSR count). The second-order valence-corrected chi connectivity index (χ2v) is 6.40. The minimum atomic E-state index is -0.192. The minimum Gasteiger partial charge on any atom is -0.507 e. The largest absolute Gasteiger partial charge is 0.507 e. The number of rotatable bonds is 4. The summed E-state index contributed by atoms with van der Waals surface area (Å²) < 4.78 is 10.7. The van der Waals surface area contributed by atoms with Gasteiger partial charge in [-0.1, -0.05) is 30.3 Å². The van der Waals surface area contributed by atoms with E-state index in [1.165, 1.54) is 0 Å². The molecule has 2 N–H and O–H groups in total. The maximum atomic E-state index is 12.4. The molecule has 1 aliphatic rings. The van der Waals surface area contributed by atoms with E-state index >= 15 is 0 Å². The summed E-state index contributed by atoms with van der Waals surface area (Å²) >= 11 is 0. The van der Waals surface area contributed by atoms with Crippen LogP contribution in [0.25, 0.3) is 22.8 Å². The quantitative estimate of drug-likeness (QED) is 0.658. The van der Waals surface area contributed by atoms with Crippen LogP contribution in [0.1, 0.15) is 11.1 Å². The summed E-state index contributed by atoms with van der Waals surface area (Å²) in [4.78, 5) is 12.4. The van der Waals surface area contributed by atoms with E-state index in [2.05, 4.69) is 5.32 Å². The van der Waals surface area contributed by atoms with Crippen molar-refractivity contribution >= 4 is 23.2 Å². The number of phenolic OH excluding ortho intramolecular Hbond substituents is 1. The van der Waals surface area contributed by atoms with Crippen LogP contribution in [-0.4, -0.2) is 25.2 Å². The average molecular weight is 373 g/mol. The molecule has 0 unspecified atom stereocenters. The van der Waals surface area contributed by atoms with Crippen LogP contribution in [0.4, 0.5) is 5.69 Å². The molecular weight excluding hydrogens is 354 g/mol. The molecule has 0 fully saturated rings. The SMILES string of the molecule is COc1ccc(-c2cc(C=C3C(=O)Nc4ccccc43)c(O)cc2OC)cc1. The van der Waals surface area contributed by atoms with Crippen molar-refractivity contribution in [2.24, 2.45) is 0 Å². The topological polar surface area (TPSA) is 67.8 Å². The second-order valence-electron chi connectivity index (χ2n) is 6.40. The molecule has 3 aromatic carbocycles. The number of amides is 1. The predicted octanol–water partition coefficient (Wildman–Crippen LogP) is 4.57. The van der Waals surface area contributed by atoms with Gasteiger partial charge in [0.15, 0.2) is 0 Å². The van der Waals surface area contributed by atoms with E-state index in [1.54, 1.807) is 26.4 Å². The van der Waals surface area contributed by atoms with Gasteiger partial charge in [0.25, 0.3) is 5.91 Å². The minimum absolute atomic E-state index is 0.0405. The van der Waals surface area contributed by atoms with Crippen LogP contribution in [0.5, 0.6) is 17.2 Å². The molecule has 3 aromatic rings. The lowest BCUT2D eigenvalue weighted by Gasteiger charge is -2.12. The summed E-state index contributed by atoms with van der Waals surface area (Å²) in [6.07, 6.45) is 1.70. The van der Waals surface area contributed by atoms with E-state index in [0.29, 0.717) is 16.9 Å². The fourth-order valence-electron chi connectivity index (χ4n) is 3.30. The zero-order valence-corrected chi connectivity index (χ0v) is 15.5. The molecule has 1 aliphatic heterocycles. The lowest BCUT2D eigenvalue weighted by Crippen LogP contribution is -2.03. The highest BCUT2D eigenvalue weighted by Gasteiger charge is 2.24. The number of benzene rings is 3. The van der Waals surface area contributed by atoms with E-state index in [0.717, 1.165) is 28.1 Å². The first kappa shape index (κ1) is 17.7. The van der Waals surface area contributed by atoms with E-state index in [4.69, 9.17) is 9.47 Å². The molecule has 1 heterocycles. The van der Waals surface area contributed by atoms with Crippen LogP contribution in [0.2, 0.25) is 0 Å². The number of aromatic hydroxyl groups is 1. The van der Waals surface area contributed by atoms with Gasteiger partial charge >= 0.3 is 0 Å². The number of para-hydroxylation sites is 1. The highest BCUT2D eigenvalue weighted by atomic mass is 16.5. The van der Waals surface area contributed by atoms with Crippen molar-refractivity contribution in [1.29, 1.82) is 0 Å². The molecule has 28 heavy (non-hydrogen) atoms. The first-order valence-electron chi connectivity index (χ1n) is 8.78. The maximum absolute atomic E-state index is 12.4. The van der Waals surface area contributed by atoms with Gasteiger partial charge in [0.05, 0.1) is 14.2 Å². The van der Waals surface area contributed by atoms with Crippen LogP contribution in [-0.2, 0) is 4.79 Å². The summed E-state index contributed by atoms with van der Waals surface area (Å²) in [6.45, 7) is 0. The number of carbonyl (C=O) groups excluding carboxylic acids is 1. The Bertz CT molecular complexity index is 1080. The van der Waals surface area contributed by atoms with Crippen molar-refractivity contribution in [2.45, 2.75) is 0 Å². The van der Waals surface area contributed by atoms with Crippen molar-refractivity contribution in [3.63, 3.8) is 0 Å². The Morgan fingerprint density at radius 1 is 0.929 bits per heavy atom. The molecule has 0 radical (unpaired) electrons. The van der Waals surface area contributed by atoms with Crippen LogP contribution in [0.3, 0.4) is 0 Å². The number of anilines is 1. The number of carbonyl (C=O) groups is 1. The normalized spacial score (nSPS) is 13.9. The average Bonchev–Trinajstić information content (AvgIpc) is 3.04. The summed E-state index contributed by atoms with van der Waals surface area (Å²) in [5, 5.41) is 13.3. The molecule has 140 valence electrons. The van der Waals surface area contributed by atoms with Crippen molar-refractivity contribution in [1.82, 2.24) is 0 Å². The fraction of sp³-hybridized carbons (Fsp3) is 0.0870. The molecule has 0 atom stereocenters. The third-order valence-electron chi connectivity index (χ3n) is 4.76. The third kappa shape index (κ3) is 3.07. The molecule has 5 nitrogen and oxygen atoms in total. The highest BCUT2D eigenvalue weighted by Crippen LogP contribution is 2.39. The molecule has 0 spiro atoms. The Morgan fingerprint density at radius 2 is 1.68 bits per heavy atom. The lowest BCUT2D eigenvalue weighted by molar-refractivity contribution is -0.110. The van der Waals surface area contributed by atoms with Crippen molar-refractivity contribution in [3.8, 4) is 28.4 Å². The molecule has 0 bridgehead atoms. The van der Waals surface area contributed by atoms with Crippen LogP contribution in [0.15, 0.2) is 60.7 Å². The Labute approximate surface area is 162 Å². The van der Waals surface area contributed by atoms with Gasteiger partial charge in [0, 0.05) is 34.0 Å². The molecule has 0 aliphatic carbocycles. The standard InChI is InChI=1S/C23H19NO4/c1-27-16-9-7-14(8-10-16)18-11-15(21(25)13-22(18)28-2)12-19-17-5-3-4-6-20(17)24-23(19)26/h3-13,25H,1-2H3,(H,24,26). The number of fused-ring (bicyclic) bond motifs is 1. The predicted molar refractivity (Wildman–Crippen MR) is 110 cm³/mol. The molecule has 0 saturated carbocycles. The monoisotopic (exact) mass is 373 g/mol. The van der Waals surface area contributed by atoms with Gasteiger partial charge in [-0.05, 0) is 35.9 Å². The summed E-state index contributed by atoms with van der Waals surface area (Å²) in [7, 11) is 3.17. The Balaban J connectivity index is 1.83. The Morgan fingerprint density at radius 3 is 2.39 bits per heavy atom. The van der Waals surface area contributed by atoms with Crippen molar-refractivity contribution in [2.75, 3.05) is 19.5 Å². The van der Waals surface area contributed by atoms with Gasteiger partial charge in [-0.15, -0.1) is 0 Å². The lowest BCUT2D eigenvalue weighted by atomic mass is 9.98. The maximum Gasteiger partial charge on any atom is 0.256 e. The van der Waals surface area contributed by atoms with Crippen molar-refractivity contribution in [3.05, 3.63) is 71.8 Å². The Hall–Kier alpha value is -3.73. The van der Waals surface area contributed by atoms with Crippen LogP contribution in [0, 0.1) is 0 Å². The molecular formula is C23H19NO4. The van der Waals surface area contributed by atoms with Crippen LogP contribution >= 0.6 is 0 Å². The van der Waals surface area contributed by atoms with Crippen LogP contribution < -0.4 is 14.8 Å². The Kier molecular flexibility index (Phi) is 4.49. The molecule has 1 amide bonds. The van der Waals surface area contributed by atoms with Gasteiger partial charge in [-0.2, -0.15) is 0 Å². The van der Waals surface area contributed by atoms with Gasteiger partial charge in [-0.3, -0.25) is 4.79 Å². The van der Waals surface area contributed by atoms with E-state index < -0.39 is 0 Å². The van der Waals surface area contributed by atoms with Gasteiger partial charge < -0.3 is 19.9 Å². The first-order chi connectivity index (χ1) is 13.6. The van der Waals surface area contributed by atoms with E-state index in [-0.39, 0.29) is 11.7 Å². The van der Waals surface area contributed by atoms with Gasteiger partial charge in [0.2, 0.25) is 0 Å². The number of hydrogen-bond acceptors (Lipinski definition) is 4. The third-order valence-corrected chi connectivity index (χ3v) is 4.76. The summed E-state index contributed by atoms with van der Waals surface area (Å²) in [5.74, 6) is 1.14. The van der Waals surface area contributed by atoms with E-state index in [9.17, 15) is 9.90 Å². The summed E-state index contributed by atoms with van der Waals surface area (Å²) in [6, 6.07) is 18.4. The molecule has 0 saturated heterocycles. The number of methoxy groups -OCH3 is 2. The zero-order chi connectivity index (χ0) is 19.7. The van der Waals surface area contributed by atoms with E-state index in [1.807, 2.05) is 54.6 Å². The number of hydrogen-bond donors (Lipinski definition) is 2. The summed E-state index contributed by atoms with van der Waals surface area (Å²) in [5.41, 5.74) is 4.34. The fourth-order valence-corrected chi connectivity index (χ4v) is 3.30. The smallest absolute Gasteiger partial charge is 0.256 e. The van der Waals surface area contributed by atoms with Gasteiger partial charge in [0.1, 0.15) is 17.2 Å². The zero-order valence-electron chi connectivity index (χ0n) is 15.5. The number of phenols is 1. The molecule has 0 aromatic heterocycles. The number of ether oxygens (including phenoxy) is 2. The molecule has 5 heteroatoms. The number of nitrogens with one attached hydrogen (secondary N) is 1. The second kappa shape index (κ2) is 7.12. The van der Waals surface area contributed by atoms with Gasteiger partial charge in [-0.25, -0.2) is 0 Å². The van der Waals surface area contributed by atoms with Crippen molar-refractivity contribution < 1.29 is 19.4 Å². The highest BCUT2D eigenvalue weighted by molar-refractivity contribution is 6.35.